The van der Waals surface area contributed by atoms with Crippen molar-refractivity contribution >= 4 is 21.0 Å². The second-order valence-corrected chi connectivity index (χ2v) is 14.1. The minimum atomic E-state index is -2.61. The smallest absolute Gasteiger partial charge is 0.245 e. The lowest BCUT2D eigenvalue weighted by atomic mass is 9.77. The van der Waals surface area contributed by atoms with Crippen molar-refractivity contribution in [2.45, 2.75) is 63.5 Å². The van der Waals surface area contributed by atoms with Crippen LogP contribution in [-0.4, -0.2) is 93.3 Å². The first-order chi connectivity index (χ1) is 24.2. The predicted molar refractivity (Wildman–Crippen MR) is 194 cm³/mol. The summed E-state index contributed by atoms with van der Waals surface area (Å²) in [5.74, 6) is 2.05. The lowest BCUT2D eigenvalue weighted by molar-refractivity contribution is 0.110. The topological polar surface area (TPSA) is 141 Å². The van der Waals surface area contributed by atoms with Crippen molar-refractivity contribution < 1.29 is 27.4 Å². The minimum Gasteiger partial charge on any atom is -0.497 e. The Morgan fingerprint density at radius 2 is 1.84 bits per heavy atom. The van der Waals surface area contributed by atoms with E-state index in [1.54, 1.807) is 20.3 Å². The molecule has 6 rings (SSSR count). The van der Waals surface area contributed by atoms with E-state index in [-0.39, 0.29) is 22.4 Å². The molecular weight excluding hydrogens is 657 g/mol. The molecule has 12 nitrogen and oxygen atoms in total. The lowest BCUT2D eigenvalue weighted by Crippen LogP contribution is -2.49. The van der Waals surface area contributed by atoms with E-state index in [1.807, 2.05) is 54.6 Å². The molecule has 50 heavy (non-hydrogen) atoms. The summed E-state index contributed by atoms with van der Waals surface area (Å²) < 4.78 is 48.2. The van der Waals surface area contributed by atoms with Crippen LogP contribution < -0.4 is 19.7 Å². The molecule has 268 valence electrons. The van der Waals surface area contributed by atoms with Crippen LogP contribution in [0.5, 0.6) is 11.5 Å². The molecule has 2 aliphatic heterocycles. The first-order valence-electron chi connectivity index (χ1n) is 17.0. The van der Waals surface area contributed by atoms with E-state index in [1.165, 1.54) is 5.56 Å². The normalized spacial score (nSPS) is 18.7. The maximum Gasteiger partial charge on any atom is 0.245 e. The molecule has 4 aromatic rings. The van der Waals surface area contributed by atoms with Crippen LogP contribution in [0.25, 0.3) is 0 Å². The Morgan fingerprint density at radius 3 is 2.48 bits per heavy atom. The van der Waals surface area contributed by atoms with Gasteiger partial charge in [0.05, 0.1) is 25.4 Å². The molecule has 0 saturated carbocycles. The van der Waals surface area contributed by atoms with Crippen molar-refractivity contribution in [1.29, 1.82) is 0 Å². The molecule has 1 aromatic heterocycles. The van der Waals surface area contributed by atoms with E-state index < -0.39 is 16.4 Å². The quantitative estimate of drug-likeness (QED) is 0.166. The second-order valence-electron chi connectivity index (χ2n) is 13.2. The molecule has 0 bridgehead atoms. The van der Waals surface area contributed by atoms with Gasteiger partial charge in [0.15, 0.2) is 5.82 Å². The van der Waals surface area contributed by atoms with Gasteiger partial charge in [-0.25, -0.2) is 0 Å². The first-order valence-corrected chi connectivity index (χ1v) is 18.0. The summed E-state index contributed by atoms with van der Waals surface area (Å²) in [5, 5.41) is 18.2. The van der Waals surface area contributed by atoms with Gasteiger partial charge < -0.3 is 29.2 Å². The number of methoxy groups -OCH3 is 2. The molecule has 1 fully saturated rings. The molecule has 0 unspecified atom stereocenters. The van der Waals surface area contributed by atoms with Gasteiger partial charge in [0, 0.05) is 49.7 Å². The maximum atomic E-state index is 12.7. The van der Waals surface area contributed by atoms with Crippen molar-refractivity contribution in [1.82, 2.24) is 25.9 Å². The number of fused-ring (bicyclic) bond motifs is 1. The van der Waals surface area contributed by atoms with Gasteiger partial charge in [-0.1, -0.05) is 67.1 Å². The number of H-pyrrole nitrogens is 1. The summed E-state index contributed by atoms with van der Waals surface area (Å²) in [4.78, 5) is 2.20. The van der Waals surface area contributed by atoms with Crippen molar-refractivity contribution in [2.24, 2.45) is 0 Å². The number of piperidine rings is 1. The average molecular weight is 705 g/mol. The number of benzene rings is 3. The largest absolute Gasteiger partial charge is 0.497 e. The molecule has 0 amide bonds. The number of hydrogen-bond acceptors (Lipinski definition) is 11. The van der Waals surface area contributed by atoms with Crippen molar-refractivity contribution in [3.8, 4) is 11.5 Å². The van der Waals surface area contributed by atoms with Crippen molar-refractivity contribution in [2.75, 3.05) is 52.0 Å². The highest BCUT2D eigenvalue weighted by Crippen LogP contribution is 2.37. The monoisotopic (exact) mass is 704 g/mol. The fourth-order valence-electron chi connectivity index (χ4n) is 6.51. The van der Waals surface area contributed by atoms with Crippen LogP contribution in [-0.2, 0) is 25.2 Å². The van der Waals surface area contributed by atoms with Gasteiger partial charge in [-0.15, -0.1) is 10.2 Å². The van der Waals surface area contributed by atoms with Gasteiger partial charge in [0.1, 0.15) is 18.1 Å². The van der Waals surface area contributed by atoms with Crippen LogP contribution in [0.4, 0.5) is 5.69 Å². The number of ether oxygens (including phenoxy) is 4. The SMILES string of the molecule is COCCCN1CCOc2ccc(C(O[C@H]3CN[C@H](CC(C)(C)c4nn[nH]n4)C[C@@H]3c3ccc(OC)cc3)=S(=O)=O)cc21.Cc1ccccc1. The highest BCUT2D eigenvalue weighted by Gasteiger charge is 2.38. The van der Waals surface area contributed by atoms with E-state index in [2.05, 4.69) is 63.7 Å². The number of nitrogens with one attached hydrogen (secondary N) is 2. The zero-order chi connectivity index (χ0) is 35.5. The van der Waals surface area contributed by atoms with E-state index in [9.17, 15) is 8.42 Å². The van der Waals surface area contributed by atoms with Gasteiger partial charge in [-0.3, -0.25) is 0 Å². The summed E-state index contributed by atoms with van der Waals surface area (Å²) in [7, 11) is 0.712. The molecule has 0 aliphatic carbocycles. The molecule has 2 N–H and O–H groups in total. The minimum absolute atomic E-state index is 0.0803. The summed E-state index contributed by atoms with van der Waals surface area (Å²) >= 11 is 0. The molecule has 13 heteroatoms. The van der Waals surface area contributed by atoms with Gasteiger partial charge in [-0.2, -0.15) is 13.6 Å². The summed E-state index contributed by atoms with van der Waals surface area (Å²) in [6, 6.07) is 23.7. The van der Waals surface area contributed by atoms with Gasteiger partial charge in [-0.05, 0) is 62.1 Å². The highest BCUT2D eigenvalue weighted by molar-refractivity contribution is 7.73. The first kappa shape index (κ1) is 37.0. The Morgan fingerprint density at radius 1 is 1.06 bits per heavy atom. The van der Waals surface area contributed by atoms with Gasteiger partial charge in [0.2, 0.25) is 15.3 Å². The molecular formula is C37H48N6O6S. The molecule has 2 aliphatic rings. The Labute approximate surface area is 296 Å². The summed E-state index contributed by atoms with van der Waals surface area (Å²) in [6.45, 7) is 9.43. The third kappa shape index (κ3) is 9.69. The van der Waals surface area contributed by atoms with E-state index in [4.69, 9.17) is 18.9 Å². The third-order valence-corrected chi connectivity index (χ3v) is 9.76. The van der Waals surface area contributed by atoms with Crippen LogP contribution >= 0.6 is 0 Å². The van der Waals surface area contributed by atoms with E-state index >= 15 is 0 Å². The molecule has 3 heterocycles. The van der Waals surface area contributed by atoms with Crippen LogP contribution in [0.15, 0.2) is 72.8 Å². The Kier molecular flexibility index (Phi) is 13.0. The fraction of sp³-hybridized carbons (Fsp3) is 0.459. The second kappa shape index (κ2) is 17.6. The summed E-state index contributed by atoms with van der Waals surface area (Å²) in [5.41, 5.74) is 3.39. The molecule has 1 saturated heterocycles. The van der Waals surface area contributed by atoms with Crippen LogP contribution in [0.3, 0.4) is 0 Å². The Balaban J connectivity index is 0.000000619. The van der Waals surface area contributed by atoms with Crippen LogP contribution in [0.1, 0.15) is 61.5 Å². The molecule has 3 aromatic carbocycles. The fourth-order valence-corrected chi connectivity index (χ4v) is 7.03. The average Bonchev–Trinajstić information content (AvgIpc) is 3.68. The highest BCUT2D eigenvalue weighted by atomic mass is 32.2. The third-order valence-electron chi connectivity index (χ3n) is 9.13. The van der Waals surface area contributed by atoms with Gasteiger partial charge >= 0.3 is 0 Å². The van der Waals surface area contributed by atoms with E-state index in [0.29, 0.717) is 37.7 Å². The van der Waals surface area contributed by atoms with Crippen LogP contribution in [0.2, 0.25) is 0 Å². The van der Waals surface area contributed by atoms with Gasteiger partial charge in [0.25, 0.3) is 0 Å². The number of anilines is 1. The number of aromatic amines is 1. The van der Waals surface area contributed by atoms with Crippen molar-refractivity contribution in [3.05, 3.63) is 95.3 Å². The zero-order valence-corrected chi connectivity index (χ0v) is 30.3. The number of rotatable bonds is 11. The van der Waals surface area contributed by atoms with Crippen LogP contribution in [0, 0.1) is 6.92 Å². The molecule has 3 atom stereocenters. The molecule has 0 spiro atoms. The van der Waals surface area contributed by atoms with Crippen molar-refractivity contribution in [3.63, 3.8) is 0 Å². The standard InChI is InChI=1S/C30H40N6O6S.C7H8/c1-30(2,29-32-34-35-33-29)18-22-17-24(20-6-9-23(40-4)10-7-20)27(19-31-22)42-28(43(37)38)21-8-11-26-25(16-21)36(13-15-41-26)12-5-14-39-3;1-7-5-3-2-4-6-7/h6-11,16,22,24,27,31H,5,12-15,17-19H2,1-4H3,(H,32,33,34,35);2-6H,1H3/t22-,24+,27-;/m0./s1. The van der Waals surface area contributed by atoms with E-state index in [0.717, 1.165) is 48.6 Å². The number of tetrazole rings is 1. The molecule has 0 radical (unpaired) electrons. The number of nitrogens with zero attached hydrogens (tertiary/aromatic N) is 4. The summed E-state index contributed by atoms with van der Waals surface area (Å²) in [6.07, 6.45) is 1.90. The lowest BCUT2D eigenvalue weighted by Gasteiger charge is -2.39. The maximum absolute atomic E-state index is 12.7. The Hall–Kier alpha value is -4.30. The number of aryl methyl sites for hydroxylation is 1. The predicted octanol–water partition coefficient (Wildman–Crippen LogP) is 4.69. The number of aromatic nitrogens is 4. The Bertz CT molecular complexity index is 1780. The number of hydrogen-bond donors (Lipinski definition) is 2. The zero-order valence-electron chi connectivity index (χ0n) is 29.5.